The number of hydrogen-bond donors (Lipinski definition) is 1. The lowest BCUT2D eigenvalue weighted by Gasteiger charge is -2.29. The average molecular weight is 274 g/mol. The summed E-state index contributed by atoms with van der Waals surface area (Å²) in [6.45, 7) is 7.62. The molecule has 2 nitrogen and oxygen atoms in total. The summed E-state index contributed by atoms with van der Waals surface area (Å²) in [5.74, 6) is 0.464. The maximum atomic E-state index is 5.74. The molecule has 2 N–H and O–H groups in total. The molecule has 0 spiro atoms. The van der Waals surface area contributed by atoms with Crippen molar-refractivity contribution < 1.29 is 0 Å². The second-order valence-corrected chi connectivity index (χ2v) is 6.26. The zero-order valence-corrected chi connectivity index (χ0v) is 13.1. The number of nitrogens with two attached hydrogens (primary N) is 1. The van der Waals surface area contributed by atoms with E-state index in [1.54, 1.807) is 0 Å². The molecular weight excluding hydrogens is 244 g/mol. The summed E-state index contributed by atoms with van der Waals surface area (Å²) in [7, 11) is 0. The molecule has 0 saturated carbocycles. The summed E-state index contributed by atoms with van der Waals surface area (Å²) in [5.41, 5.74) is 8.54. The maximum Gasteiger partial charge on any atom is 0.0236 e. The van der Waals surface area contributed by atoms with Crippen molar-refractivity contribution in [2.45, 2.75) is 64.5 Å². The molecule has 1 aliphatic rings. The van der Waals surface area contributed by atoms with E-state index in [0.29, 0.717) is 5.92 Å². The highest BCUT2D eigenvalue weighted by atomic mass is 15.2. The largest absolute Gasteiger partial charge is 0.330 e. The van der Waals surface area contributed by atoms with Crippen LogP contribution < -0.4 is 5.73 Å². The second kappa shape index (κ2) is 7.80. The van der Waals surface area contributed by atoms with Crippen LogP contribution in [0, 0.1) is 0 Å². The summed E-state index contributed by atoms with van der Waals surface area (Å²) in [6, 6.07) is 9.87. The van der Waals surface area contributed by atoms with Crippen molar-refractivity contribution in [1.82, 2.24) is 4.90 Å². The Hall–Kier alpha value is -0.860. The van der Waals surface area contributed by atoms with Gasteiger partial charge in [-0.15, -0.1) is 0 Å². The molecule has 112 valence electrons. The lowest BCUT2D eigenvalue weighted by atomic mass is 9.99. The zero-order chi connectivity index (χ0) is 14.4. The van der Waals surface area contributed by atoms with Crippen molar-refractivity contribution in [1.29, 1.82) is 0 Å². The summed E-state index contributed by atoms with van der Waals surface area (Å²) in [6.07, 6.45) is 6.82. The predicted octanol–water partition coefficient (Wildman–Crippen LogP) is 3.90. The number of nitrogens with zero attached hydrogens (tertiary/aromatic N) is 1. The van der Waals surface area contributed by atoms with E-state index in [4.69, 9.17) is 5.73 Å². The molecule has 20 heavy (non-hydrogen) atoms. The van der Waals surface area contributed by atoms with Gasteiger partial charge in [0.25, 0.3) is 0 Å². The van der Waals surface area contributed by atoms with Gasteiger partial charge in [0, 0.05) is 12.6 Å². The van der Waals surface area contributed by atoms with Gasteiger partial charge in [0.1, 0.15) is 0 Å². The molecule has 2 rings (SSSR count). The van der Waals surface area contributed by atoms with Crippen LogP contribution >= 0.6 is 0 Å². The summed E-state index contributed by atoms with van der Waals surface area (Å²) in [5, 5.41) is 0. The zero-order valence-electron chi connectivity index (χ0n) is 13.1. The van der Waals surface area contributed by atoms with Gasteiger partial charge in [-0.2, -0.15) is 0 Å². The highest BCUT2D eigenvalue weighted by Crippen LogP contribution is 2.22. The molecule has 1 heterocycles. The predicted molar refractivity (Wildman–Crippen MR) is 86.9 cm³/mol. The van der Waals surface area contributed by atoms with Gasteiger partial charge >= 0.3 is 0 Å². The minimum absolute atomic E-state index is 0.464. The Morgan fingerprint density at radius 1 is 1.20 bits per heavy atom. The Balaban J connectivity index is 2.00. The smallest absolute Gasteiger partial charge is 0.0236 e. The average Bonchev–Trinajstić information content (AvgIpc) is 2.72. The summed E-state index contributed by atoms with van der Waals surface area (Å²) < 4.78 is 0. The molecule has 2 atom stereocenters. The molecule has 1 saturated heterocycles. The van der Waals surface area contributed by atoms with Crippen LogP contribution in [-0.2, 0) is 6.54 Å². The Kier molecular flexibility index (Phi) is 6.06. The SMILES string of the molecule is CCC1CCCCCN1Cc1ccc(C(C)CN)cc1. The number of benzene rings is 1. The van der Waals surface area contributed by atoms with Crippen LogP contribution in [-0.4, -0.2) is 24.0 Å². The van der Waals surface area contributed by atoms with E-state index < -0.39 is 0 Å². The maximum absolute atomic E-state index is 5.74. The first kappa shape index (κ1) is 15.5. The first-order valence-corrected chi connectivity index (χ1v) is 8.27. The molecular formula is C18H30N2. The third kappa shape index (κ3) is 4.07. The van der Waals surface area contributed by atoms with Crippen molar-refractivity contribution >= 4 is 0 Å². The fourth-order valence-electron chi connectivity index (χ4n) is 3.23. The van der Waals surface area contributed by atoms with E-state index in [1.165, 1.54) is 49.8 Å². The van der Waals surface area contributed by atoms with E-state index in [-0.39, 0.29) is 0 Å². The minimum Gasteiger partial charge on any atom is -0.330 e. The van der Waals surface area contributed by atoms with Crippen molar-refractivity contribution in [3.05, 3.63) is 35.4 Å². The van der Waals surface area contributed by atoms with Crippen molar-refractivity contribution in [2.75, 3.05) is 13.1 Å². The third-order valence-corrected chi connectivity index (χ3v) is 4.76. The molecule has 1 aliphatic heterocycles. The standard InChI is InChI=1S/C18H30N2/c1-3-18-7-5-4-6-12-20(18)14-16-8-10-17(11-9-16)15(2)13-19/h8-11,15,18H,3-7,12-14,19H2,1-2H3. The van der Waals surface area contributed by atoms with Gasteiger partial charge in [-0.1, -0.05) is 51.0 Å². The van der Waals surface area contributed by atoms with E-state index in [2.05, 4.69) is 43.0 Å². The quantitative estimate of drug-likeness (QED) is 0.882. The number of hydrogen-bond acceptors (Lipinski definition) is 2. The van der Waals surface area contributed by atoms with Crippen LogP contribution in [0.4, 0.5) is 0 Å². The minimum atomic E-state index is 0.464. The normalized spacial score (nSPS) is 22.4. The Bertz CT molecular complexity index is 385. The van der Waals surface area contributed by atoms with E-state index in [1.807, 2.05) is 0 Å². The van der Waals surface area contributed by atoms with Crippen molar-refractivity contribution in [2.24, 2.45) is 5.73 Å². The summed E-state index contributed by atoms with van der Waals surface area (Å²) in [4.78, 5) is 2.69. The van der Waals surface area contributed by atoms with E-state index in [9.17, 15) is 0 Å². The van der Waals surface area contributed by atoms with Crippen LogP contribution in [0.15, 0.2) is 24.3 Å². The Morgan fingerprint density at radius 2 is 1.95 bits per heavy atom. The molecule has 0 aliphatic carbocycles. The molecule has 0 bridgehead atoms. The van der Waals surface area contributed by atoms with Crippen LogP contribution in [0.5, 0.6) is 0 Å². The van der Waals surface area contributed by atoms with Crippen molar-refractivity contribution in [3.63, 3.8) is 0 Å². The van der Waals surface area contributed by atoms with Gasteiger partial charge in [0.15, 0.2) is 0 Å². The van der Waals surface area contributed by atoms with Gasteiger partial charge < -0.3 is 5.73 Å². The van der Waals surface area contributed by atoms with Crippen LogP contribution in [0.3, 0.4) is 0 Å². The molecule has 1 aromatic rings. The topological polar surface area (TPSA) is 29.3 Å². The van der Waals surface area contributed by atoms with Crippen LogP contribution in [0.2, 0.25) is 0 Å². The number of likely N-dealkylation sites (tertiary alicyclic amines) is 1. The third-order valence-electron chi connectivity index (χ3n) is 4.76. The van der Waals surface area contributed by atoms with Crippen LogP contribution in [0.1, 0.15) is 63.0 Å². The summed E-state index contributed by atoms with van der Waals surface area (Å²) >= 11 is 0. The van der Waals surface area contributed by atoms with Crippen LogP contribution in [0.25, 0.3) is 0 Å². The van der Waals surface area contributed by atoms with Gasteiger partial charge in [0.2, 0.25) is 0 Å². The van der Waals surface area contributed by atoms with E-state index >= 15 is 0 Å². The Labute approximate surface area is 124 Å². The van der Waals surface area contributed by atoms with Gasteiger partial charge in [0.05, 0.1) is 0 Å². The highest BCUT2D eigenvalue weighted by molar-refractivity contribution is 5.25. The molecule has 0 amide bonds. The first-order chi connectivity index (χ1) is 9.74. The van der Waals surface area contributed by atoms with E-state index in [0.717, 1.165) is 19.1 Å². The lowest BCUT2D eigenvalue weighted by Crippen LogP contribution is -2.33. The molecule has 2 unspecified atom stereocenters. The second-order valence-electron chi connectivity index (χ2n) is 6.26. The molecule has 0 aromatic heterocycles. The van der Waals surface area contributed by atoms with Gasteiger partial charge in [-0.3, -0.25) is 4.90 Å². The fraction of sp³-hybridized carbons (Fsp3) is 0.667. The van der Waals surface area contributed by atoms with Crippen molar-refractivity contribution in [3.8, 4) is 0 Å². The molecule has 0 radical (unpaired) electrons. The monoisotopic (exact) mass is 274 g/mol. The number of rotatable bonds is 5. The Morgan fingerprint density at radius 3 is 2.60 bits per heavy atom. The first-order valence-electron chi connectivity index (χ1n) is 8.27. The molecule has 1 fully saturated rings. The highest BCUT2D eigenvalue weighted by Gasteiger charge is 2.19. The lowest BCUT2D eigenvalue weighted by molar-refractivity contribution is 0.186. The molecule has 1 aromatic carbocycles. The van der Waals surface area contributed by atoms with Gasteiger partial charge in [-0.25, -0.2) is 0 Å². The molecule has 2 heteroatoms. The van der Waals surface area contributed by atoms with Gasteiger partial charge in [-0.05, 0) is 49.4 Å². The fourth-order valence-corrected chi connectivity index (χ4v) is 3.23.